The van der Waals surface area contributed by atoms with Gasteiger partial charge in [0, 0.05) is 0 Å². The van der Waals surface area contributed by atoms with Crippen molar-refractivity contribution in [3.05, 3.63) is 238 Å². The molecule has 0 unspecified atom stereocenters. The Morgan fingerprint density at radius 2 is 0.157 bits per heavy atom. The summed E-state index contributed by atoms with van der Waals surface area (Å²) in [6, 6.07) is 69.8. The maximum Gasteiger partial charge on any atom is -0.0175 e. The van der Waals surface area contributed by atoms with Crippen LogP contribution in [0.25, 0.3) is 111 Å². The van der Waals surface area contributed by atoms with Gasteiger partial charge in [0.05, 0.1) is 0 Å². The molecule has 2 aliphatic rings. The Bertz CT molecular complexity index is 2730. The fourth-order valence-electron chi connectivity index (χ4n) is 11.2. The van der Waals surface area contributed by atoms with E-state index in [0.29, 0.717) is 0 Å². The number of hydrogen-bond acceptors (Lipinski definition) is 0. The summed E-state index contributed by atoms with van der Waals surface area (Å²) in [5.74, 6) is 0. The van der Waals surface area contributed by atoms with Crippen molar-refractivity contribution in [1.29, 1.82) is 0 Å². The van der Waals surface area contributed by atoms with Crippen LogP contribution in [0.1, 0.15) is 55.6 Å². The third kappa shape index (κ3) is 9.11. The molecule has 0 radical (unpaired) electrons. The topological polar surface area (TPSA) is 0 Å². The zero-order chi connectivity index (χ0) is 48.5. The maximum absolute atomic E-state index is 2.35. The number of rotatable bonds is 0. The van der Waals surface area contributed by atoms with Crippen LogP contribution in [0.2, 0.25) is 0 Å². The number of benzene rings is 10. The first-order valence-electron chi connectivity index (χ1n) is 24.8. The van der Waals surface area contributed by atoms with E-state index in [0.717, 1.165) is 0 Å². The van der Waals surface area contributed by atoms with Crippen LogP contribution in [0.5, 0.6) is 0 Å². The molecule has 0 nitrogen and oxygen atoms in total. The molecule has 0 fully saturated rings. The molecule has 0 N–H and O–H groups in total. The zero-order valence-corrected chi connectivity index (χ0v) is 42.3. The van der Waals surface area contributed by atoms with Crippen LogP contribution < -0.4 is 0 Å². The highest BCUT2D eigenvalue weighted by Crippen LogP contribution is 2.40. The van der Waals surface area contributed by atoms with Crippen molar-refractivity contribution in [1.82, 2.24) is 0 Å². The molecular weight excluding hydrogens is 841 g/mol. The second-order valence-electron chi connectivity index (χ2n) is 20.9. The first kappa shape index (κ1) is 44.7. The van der Waals surface area contributed by atoms with Crippen LogP contribution in [0.3, 0.4) is 0 Å². The zero-order valence-electron chi connectivity index (χ0n) is 42.3. The summed E-state index contributed by atoms with van der Waals surface area (Å²) in [6.45, 7) is 22.0. The van der Waals surface area contributed by atoms with Gasteiger partial charge in [0.15, 0.2) is 0 Å². The van der Waals surface area contributed by atoms with Crippen molar-refractivity contribution in [3.63, 3.8) is 0 Å². The molecule has 0 atom stereocenters. The SMILES string of the molecule is Cc1cc2cc(c1)-c1cc(C)cc(c1)-c1cc(C)cc(c1)-c1cc(C)cc(c1)-c1cc(C)cc-2c1.Cc1cc2cc(c1)-c1cc(C)cc(c1)-c1cc(C)cc(c1)-c1cc(C)cc(c1)-c1cc(C)cc-2c1. The Morgan fingerprint density at radius 3 is 0.214 bits per heavy atom. The molecule has 70 heavy (non-hydrogen) atoms. The maximum atomic E-state index is 2.35. The molecule has 0 amide bonds. The smallest absolute Gasteiger partial charge is 0.0175 e. The second kappa shape index (κ2) is 17.6. The fourth-order valence-corrected chi connectivity index (χ4v) is 11.2. The first-order valence-corrected chi connectivity index (χ1v) is 24.8. The van der Waals surface area contributed by atoms with E-state index in [4.69, 9.17) is 0 Å². The van der Waals surface area contributed by atoms with Crippen molar-refractivity contribution in [3.8, 4) is 111 Å². The van der Waals surface area contributed by atoms with Crippen LogP contribution >= 0.6 is 0 Å². The minimum Gasteiger partial charge on any atom is -0.0514 e. The monoisotopic (exact) mass is 900 g/mol. The summed E-state index contributed by atoms with van der Waals surface area (Å²) in [6.07, 6.45) is 0. The normalized spacial score (nSPS) is 11.6. The molecule has 0 aliphatic heterocycles. The molecule has 0 spiro atoms. The van der Waals surface area contributed by atoms with Gasteiger partial charge in [-0.15, -0.1) is 0 Å². The largest absolute Gasteiger partial charge is 0.0514 e. The highest BCUT2D eigenvalue weighted by atomic mass is 14.2. The summed E-state index contributed by atoms with van der Waals surface area (Å²) in [5.41, 5.74) is 38.2. The third-order valence-corrected chi connectivity index (χ3v) is 14.1. The number of hydrogen-bond donors (Lipinski definition) is 0. The average Bonchev–Trinajstić information content (AvgIpc) is 3.32. The van der Waals surface area contributed by atoms with E-state index >= 15 is 0 Å². The minimum atomic E-state index is 1.27. The number of aryl methyl sites for hydroxylation is 10. The van der Waals surface area contributed by atoms with Gasteiger partial charge in [-0.05, 0) is 297 Å². The van der Waals surface area contributed by atoms with E-state index in [1.807, 2.05) is 0 Å². The molecule has 340 valence electrons. The lowest BCUT2D eigenvalue weighted by molar-refractivity contribution is 1.42. The van der Waals surface area contributed by atoms with Crippen molar-refractivity contribution in [2.24, 2.45) is 0 Å². The predicted octanol–water partition coefficient (Wildman–Crippen LogP) is 19.8. The highest BCUT2D eigenvalue weighted by molar-refractivity contribution is 5.87. The summed E-state index contributed by atoms with van der Waals surface area (Å²) >= 11 is 0. The van der Waals surface area contributed by atoms with E-state index in [1.54, 1.807) is 0 Å². The Labute approximate surface area is 416 Å². The molecule has 0 saturated heterocycles. The lowest BCUT2D eigenvalue weighted by Crippen LogP contribution is -1.89. The van der Waals surface area contributed by atoms with E-state index in [1.165, 1.54) is 167 Å². The van der Waals surface area contributed by atoms with Gasteiger partial charge in [-0.2, -0.15) is 0 Å². The van der Waals surface area contributed by atoms with Gasteiger partial charge in [-0.3, -0.25) is 0 Å². The third-order valence-electron chi connectivity index (χ3n) is 14.1. The van der Waals surface area contributed by atoms with Gasteiger partial charge in [-0.25, -0.2) is 0 Å². The molecule has 0 heterocycles. The van der Waals surface area contributed by atoms with Gasteiger partial charge in [0.1, 0.15) is 0 Å². The molecule has 0 heteroatoms. The minimum absolute atomic E-state index is 1.27. The van der Waals surface area contributed by atoms with Crippen LogP contribution in [0, 0.1) is 69.2 Å². The van der Waals surface area contributed by atoms with Gasteiger partial charge in [0.2, 0.25) is 0 Å². The molecule has 12 rings (SSSR count). The van der Waals surface area contributed by atoms with Crippen LogP contribution in [-0.4, -0.2) is 0 Å². The van der Waals surface area contributed by atoms with Crippen molar-refractivity contribution in [2.45, 2.75) is 69.2 Å². The molecule has 10 aromatic carbocycles. The molecule has 2 aliphatic carbocycles. The predicted molar refractivity (Wildman–Crippen MR) is 302 cm³/mol. The summed E-state index contributed by atoms with van der Waals surface area (Å²) in [7, 11) is 0. The Hall–Kier alpha value is -7.80. The summed E-state index contributed by atoms with van der Waals surface area (Å²) in [4.78, 5) is 0. The quantitative estimate of drug-likeness (QED) is 0.142. The molecule has 0 saturated carbocycles. The lowest BCUT2D eigenvalue weighted by atomic mass is 9.91. The molecule has 10 aromatic rings. The number of fused-ring (bicyclic) bond motifs is 30. The van der Waals surface area contributed by atoms with Crippen LogP contribution in [0.15, 0.2) is 182 Å². The Kier molecular flexibility index (Phi) is 11.2. The molecule has 0 aromatic heterocycles. The van der Waals surface area contributed by atoms with Crippen molar-refractivity contribution >= 4 is 0 Å². The summed E-state index contributed by atoms with van der Waals surface area (Å²) < 4.78 is 0. The standard InChI is InChI=1S/2C35H30/c2*1-21-6-26-16-27(7-21)29-9-23(3)11-31(18-29)33-13-25(5)15-35(20-33)34-14-24(4)12-32(19-34)30-10-22(2)8-28(26)17-30/h2*6-20H,1-5H3. The van der Waals surface area contributed by atoms with Crippen LogP contribution in [0.4, 0.5) is 0 Å². The Balaban J connectivity index is 0.000000152. The van der Waals surface area contributed by atoms with Gasteiger partial charge in [0.25, 0.3) is 0 Å². The van der Waals surface area contributed by atoms with E-state index in [2.05, 4.69) is 251 Å². The van der Waals surface area contributed by atoms with E-state index in [9.17, 15) is 0 Å². The van der Waals surface area contributed by atoms with E-state index in [-0.39, 0.29) is 0 Å². The summed E-state index contributed by atoms with van der Waals surface area (Å²) in [5, 5.41) is 0. The highest BCUT2D eigenvalue weighted by Gasteiger charge is 2.16. The second-order valence-corrected chi connectivity index (χ2v) is 20.9. The molecule has 20 bridgehead atoms. The Morgan fingerprint density at radius 1 is 0.100 bits per heavy atom. The first-order chi connectivity index (χ1) is 33.6. The van der Waals surface area contributed by atoms with E-state index < -0.39 is 0 Å². The van der Waals surface area contributed by atoms with Crippen molar-refractivity contribution in [2.75, 3.05) is 0 Å². The van der Waals surface area contributed by atoms with Gasteiger partial charge >= 0.3 is 0 Å². The average molecular weight is 901 g/mol. The molecular formula is C70H60. The lowest BCUT2D eigenvalue weighted by Gasteiger charge is -2.13. The fraction of sp³-hybridized carbons (Fsp3) is 0.143. The van der Waals surface area contributed by atoms with Gasteiger partial charge < -0.3 is 0 Å². The van der Waals surface area contributed by atoms with Crippen LogP contribution in [-0.2, 0) is 0 Å². The van der Waals surface area contributed by atoms with Gasteiger partial charge in [-0.1, -0.05) is 121 Å². The van der Waals surface area contributed by atoms with Crippen molar-refractivity contribution < 1.29 is 0 Å².